The smallest absolute Gasteiger partial charge is 0.159 e. The molecule has 1 heterocycles. The average Bonchev–Trinajstić information content (AvgIpc) is 2.04. The van der Waals surface area contributed by atoms with E-state index in [1.165, 1.54) is 0 Å². The summed E-state index contributed by atoms with van der Waals surface area (Å²) in [6.45, 7) is 0. The van der Waals surface area contributed by atoms with Gasteiger partial charge >= 0.3 is 0 Å². The Labute approximate surface area is 73.6 Å². The maximum Gasteiger partial charge on any atom is 0.159 e. The third-order valence-corrected chi connectivity index (χ3v) is 1.88. The summed E-state index contributed by atoms with van der Waals surface area (Å²) in [7, 11) is 0. The van der Waals surface area contributed by atoms with E-state index >= 15 is 0 Å². The predicted molar refractivity (Wildman–Crippen MR) is 46.2 cm³/mol. The van der Waals surface area contributed by atoms with Crippen molar-refractivity contribution >= 4 is 22.4 Å². The molecule has 0 bridgehead atoms. The topological polar surface area (TPSA) is 46.0 Å². The number of aromatic hydroxyl groups is 1. The first-order chi connectivity index (χ1) is 5.77. The van der Waals surface area contributed by atoms with Crippen LogP contribution in [0.15, 0.2) is 24.4 Å². The minimum atomic E-state index is 0.201. The molecule has 2 aromatic rings. The molecule has 0 amide bonds. The van der Waals surface area contributed by atoms with E-state index in [1.54, 1.807) is 24.4 Å². The van der Waals surface area contributed by atoms with E-state index in [9.17, 15) is 0 Å². The lowest BCUT2D eigenvalue weighted by Crippen LogP contribution is -1.82. The molecule has 4 heteroatoms. The van der Waals surface area contributed by atoms with Crippen LogP contribution in [-0.2, 0) is 0 Å². The Bertz CT molecular complexity index is 430. The van der Waals surface area contributed by atoms with Crippen LogP contribution in [0.5, 0.6) is 5.75 Å². The summed E-state index contributed by atoms with van der Waals surface area (Å²) in [6, 6.07) is 4.87. The Hall–Kier alpha value is -1.35. The highest BCUT2D eigenvalue weighted by molar-refractivity contribution is 6.34. The van der Waals surface area contributed by atoms with Crippen molar-refractivity contribution in [3.8, 4) is 5.75 Å². The van der Waals surface area contributed by atoms with Gasteiger partial charge in [0.1, 0.15) is 5.75 Å². The van der Waals surface area contributed by atoms with Crippen molar-refractivity contribution in [3.63, 3.8) is 0 Å². The van der Waals surface area contributed by atoms with Crippen molar-refractivity contribution in [1.29, 1.82) is 0 Å². The van der Waals surface area contributed by atoms with Gasteiger partial charge in [-0.15, -0.1) is 5.10 Å². The second kappa shape index (κ2) is 2.60. The molecule has 60 valence electrons. The molecule has 0 unspecified atom stereocenters. The number of benzene rings is 1. The summed E-state index contributed by atoms with van der Waals surface area (Å²) in [4.78, 5) is 0. The molecule has 0 saturated heterocycles. The SMILES string of the molecule is Oc1ccc2c(Cl)nncc2c1. The molecule has 2 rings (SSSR count). The van der Waals surface area contributed by atoms with Crippen LogP contribution < -0.4 is 0 Å². The second-order valence-corrected chi connectivity index (χ2v) is 2.76. The van der Waals surface area contributed by atoms with Crippen molar-refractivity contribution < 1.29 is 5.11 Å². The zero-order valence-corrected chi connectivity index (χ0v) is 6.78. The molecule has 0 fully saturated rings. The van der Waals surface area contributed by atoms with Crippen molar-refractivity contribution in [3.05, 3.63) is 29.5 Å². The van der Waals surface area contributed by atoms with E-state index in [4.69, 9.17) is 16.7 Å². The fourth-order valence-electron chi connectivity index (χ4n) is 1.04. The summed E-state index contributed by atoms with van der Waals surface area (Å²) in [6.07, 6.45) is 1.56. The van der Waals surface area contributed by atoms with Crippen LogP contribution in [-0.4, -0.2) is 15.3 Å². The minimum absolute atomic E-state index is 0.201. The normalized spacial score (nSPS) is 10.4. The van der Waals surface area contributed by atoms with Crippen molar-refractivity contribution in [2.75, 3.05) is 0 Å². The van der Waals surface area contributed by atoms with E-state index < -0.39 is 0 Å². The second-order valence-electron chi connectivity index (χ2n) is 2.41. The minimum Gasteiger partial charge on any atom is -0.508 e. The van der Waals surface area contributed by atoms with Crippen molar-refractivity contribution in [1.82, 2.24) is 10.2 Å². The average molecular weight is 181 g/mol. The molecule has 0 spiro atoms. The molecular weight excluding hydrogens is 176 g/mol. The standard InChI is InChI=1S/C8H5ClN2O/c9-8-7-2-1-6(12)3-5(7)4-10-11-8/h1-4,12H. The monoisotopic (exact) mass is 180 g/mol. The van der Waals surface area contributed by atoms with Crippen molar-refractivity contribution in [2.24, 2.45) is 0 Å². The summed E-state index contributed by atoms with van der Waals surface area (Å²) < 4.78 is 0. The van der Waals surface area contributed by atoms with Gasteiger partial charge in [0.25, 0.3) is 0 Å². The van der Waals surface area contributed by atoms with E-state index in [1.807, 2.05) is 0 Å². The van der Waals surface area contributed by atoms with E-state index in [0.717, 1.165) is 10.8 Å². The molecule has 0 radical (unpaired) electrons. The number of aromatic nitrogens is 2. The maximum absolute atomic E-state index is 9.13. The number of fused-ring (bicyclic) bond motifs is 1. The number of nitrogens with zero attached hydrogens (tertiary/aromatic N) is 2. The van der Waals surface area contributed by atoms with Gasteiger partial charge in [-0.3, -0.25) is 0 Å². The Morgan fingerprint density at radius 1 is 1.33 bits per heavy atom. The lowest BCUT2D eigenvalue weighted by atomic mass is 10.2. The number of halogens is 1. The van der Waals surface area contributed by atoms with Gasteiger partial charge in [-0.25, -0.2) is 0 Å². The van der Waals surface area contributed by atoms with Gasteiger partial charge in [0.15, 0.2) is 5.15 Å². The molecular formula is C8H5ClN2O. The highest BCUT2D eigenvalue weighted by atomic mass is 35.5. The van der Waals surface area contributed by atoms with Gasteiger partial charge < -0.3 is 5.11 Å². The van der Waals surface area contributed by atoms with Crippen LogP contribution >= 0.6 is 11.6 Å². The van der Waals surface area contributed by atoms with Crippen LogP contribution in [0.2, 0.25) is 5.15 Å². The number of hydrogen-bond acceptors (Lipinski definition) is 3. The molecule has 0 saturated carbocycles. The zero-order chi connectivity index (χ0) is 8.55. The number of phenols is 1. The predicted octanol–water partition coefficient (Wildman–Crippen LogP) is 1.99. The van der Waals surface area contributed by atoms with Gasteiger partial charge in [-0.1, -0.05) is 11.6 Å². The molecule has 1 aromatic carbocycles. The Kier molecular flexibility index (Phi) is 1.59. The molecule has 0 aliphatic heterocycles. The zero-order valence-electron chi connectivity index (χ0n) is 6.03. The van der Waals surface area contributed by atoms with Crippen LogP contribution in [0.25, 0.3) is 10.8 Å². The summed E-state index contributed by atoms with van der Waals surface area (Å²) in [5, 5.41) is 18.4. The van der Waals surface area contributed by atoms with Crippen LogP contribution in [0.1, 0.15) is 0 Å². The maximum atomic E-state index is 9.13. The fraction of sp³-hybridized carbons (Fsp3) is 0. The highest BCUT2D eigenvalue weighted by Gasteiger charge is 2.00. The van der Waals surface area contributed by atoms with Gasteiger partial charge in [-0.2, -0.15) is 5.10 Å². The third-order valence-electron chi connectivity index (χ3n) is 1.60. The van der Waals surface area contributed by atoms with Gasteiger partial charge in [0, 0.05) is 10.8 Å². The lowest BCUT2D eigenvalue weighted by molar-refractivity contribution is 0.476. The summed E-state index contributed by atoms with van der Waals surface area (Å²) in [5.74, 6) is 0.201. The molecule has 0 atom stereocenters. The largest absolute Gasteiger partial charge is 0.508 e. The van der Waals surface area contributed by atoms with E-state index in [2.05, 4.69) is 10.2 Å². The first kappa shape index (κ1) is 7.31. The molecule has 3 nitrogen and oxygen atoms in total. The van der Waals surface area contributed by atoms with Crippen LogP contribution in [0.3, 0.4) is 0 Å². The third kappa shape index (κ3) is 1.08. The Morgan fingerprint density at radius 2 is 2.17 bits per heavy atom. The van der Waals surface area contributed by atoms with E-state index in [0.29, 0.717) is 5.15 Å². The summed E-state index contributed by atoms with van der Waals surface area (Å²) >= 11 is 5.75. The number of phenolic OH excluding ortho intramolecular Hbond substituents is 1. The highest BCUT2D eigenvalue weighted by Crippen LogP contribution is 2.23. The number of hydrogen-bond donors (Lipinski definition) is 1. The Morgan fingerprint density at radius 3 is 3.00 bits per heavy atom. The lowest BCUT2D eigenvalue weighted by Gasteiger charge is -1.97. The quantitative estimate of drug-likeness (QED) is 0.675. The Balaban J connectivity index is 2.86. The van der Waals surface area contributed by atoms with Crippen LogP contribution in [0, 0.1) is 0 Å². The molecule has 0 aliphatic rings. The van der Waals surface area contributed by atoms with E-state index in [-0.39, 0.29) is 5.75 Å². The molecule has 12 heavy (non-hydrogen) atoms. The molecule has 0 aliphatic carbocycles. The summed E-state index contributed by atoms with van der Waals surface area (Å²) in [5.41, 5.74) is 0. The van der Waals surface area contributed by atoms with Gasteiger partial charge in [-0.05, 0) is 18.2 Å². The van der Waals surface area contributed by atoms with Gasteiger partial charge in [0.05, 0.1) is 6.20 Å². The first-order valence-corrected chi connectivity index (χ1v) is 3.75. The van der Waals surface area contributed by atoms with Gasteiger partial charge in [0.2, 0.25) is 0 Å². The first-order valence-electron chi connectivity index (χ1n) is 3.37. The fourth-order valence-corrected chi connectivity index (χ4v) is 1.26. The van der Waals surface area contributed by atoms with Crippen molar-refractivity contribution in [2.45, 2.75) is 0 Å². The number of rotatable bonds is 0. The molecule has 1 N–H and O–H groups in total. The molecule has 1 aromatic heterocycles. The van der Waals surface area contributed by atoms with Crippen LogP contribution in [0.4, 0.5) is 0 Å².